The molecular formula is C17H13F3N2O6. The van der Waals surface area contributed by atoms with Gasteiger partial charge in [-0.2, -0.15) is 0 Å². The van der Waals surface area contributed by atoms with Gasteiger partial charge in [-0.3, -0.25) is 14.9 Å². The lowest BCUT2D eigenvalue weighted by atomic mass is 10.1. The molecule has 0 aliphatic heterocycles. The van der Waals surface area contributed by atoms with Crippen LogP contribution in [0.5, 0.6) is 5.75 Å². The Morgan fingerprint density at radius 3 is 2.25 bits per heavy atom. The summed E-state index contributed by atoms with van der Waals surface area (Å²) in [6.45, 7) is 1.59. The van der Waals surface area contributed by atoms with Gasteiger partial charge in [-0.25, -0.2) is 4.79 Å². The lowest BCUT2D eigenvalue weighted by Gasteiger charge is -2.10. The maximum Gasteiger partial charge on any atom is 0.573 e. The fourth-order valence-corrected chi connectivity index (χ4v) is 2.12. The topological polar surface area (TPSA) is 108 Å². The zero-order valence-electron chi connectivity index (χ0n) is 14.3. The third-order valence-corrected chi connectivity index (χ3v) is 3.25. The van der Waals surface area contributed by atoms with Crippen LogP contribution in [-0.4, -0.2) is 29.8 Å². The first-order valence-electron chi connectivity index (χ1n) is 7.73. The van der Waals surface area contributed by atoms with Crippen molar-refractivity contribution in [2.45, 2.75) is 13.3 Å². The zero-order chi connectivity index (χ0) is 20.9. The molecule has 2 rings (SSSR count). The second kappa shape index (κ2) is 8.37. The number of nitro groups is 1. The Hall–Kier alpha value is -3.63. The number of nitrogens with zero attached hydrogens (tertiary/aromatic N) is 1. The van der Waals surface area contributed by atoms with Gasteiger partial charge in [0.2, 0.25) is 0 Å². The molecule has 8 nitrogen and oxygen atoms in total. The number of non-ortho nitro benzene ring substituents is 1. The lowest BCUT2D eigenvalue weighted by Crippen LogP contribution is -2.17. The molecule has 11 heteroatoms. The second-order valence-corrected chi connectivity index (χ2v) is 5.27. The van der Waals surface area contributed by atoms with Crippen LogP contribution in [0.1, 0.15) is 27.6 Å². The van der Waals surface area contributed by atoms with Gasteiger partial charge in [0.15, 0.2) is 0 Å². The Labute approximate surface area is 156 Å². The van der Waals surface area contributed by atoms with E-state index in [4.69, 9.17) is 4.74 Å². The number of nitro benzene ring substituents is 1. The number of esters is 1. The van der Waals surface area contributed by atoms with E-state index in [9.17, 15) is 32.9 Å². The van der Waals surface area contributed by atoms with E-state index in [2.05, 4.69) is 10.1 Å². The molecule has 0 saturated carbocycles. The summed E-state index contributed by atoms with van der Waals surface area (Å²) in [6, 6.07) is 7.32. The Morgan fingerprint density at radius 1 is 1.11 bits per heavy atom. The molecule has 2 aromatic rings. The first-order valence-corrected chi connectivity index (χ1v) is 7.73. The van der Waals surface area contributed by atoms with E-state index in [1.165, 1.54) is 0 Å². The minimum Gasteiger partial charge on any atom is -0.462 e. The molecule has 0 aromatic heterocycles. The average molecular weight is 398 g/mol. The maximum absolute atomic E-state index is 12.3. The minimum atomic E-state index is -4.85. The van der Waals surface area contributed by atoms with E-state index in [-0.39, 0.29) is 23.4 Å². The van der Waals surface area contributed by atoms with Crippen molar-refractivity contribution in [1.82, 2.24) is 0 Å². The molecule has 0 fully saturated rings. The molecule has 148 valence electrons. The highest BCUT2D eigenvalue weighted by molar-refractivity contribution is 6.06. The van der Waals surface area contributed by atoms with E-state index in [1.54, 1.807) is 6.92 Å². The fourth-order valence-electron chi connectivity index (χ4n) is 2.12. The van der Waals surface area contributed by atoms with E-state index in [0.717, 1.165) is 42.5 Å². The molecule has 1 amide bonds. The van der Waals surface area contributed by atoms with Gasteiger partial charge in [0.25, 0.3) is 11.6 Å². The minimum absolute atomic E-state index is 0.0371. The fraction of sp³-hybridized carbons (Fsp3) is 0.176. The molecule has 2 aromatic carbocycles. The molecule has 0 unspecified atom stereocenters. The van der Waals surface area contributed by atoms with Crippen LogP contribution in [0.2, 0.25) is 0 Å². The SMILES string of the molecule is CCOC(=O)c1cc(C(=O)Nc2ccc(OC(F)(F)F)cc2)cc([N+](=O)[O-])c1. The van der Waals surface area contributed by atoms with Crippen molar-refractivity contribution in [2.24, 2.45) is 0 Å². The number of ether oxygens (including phenoxy) is 2. The van der Waals surface area contributed by atoms with Crippen molar-refractivity contribution in [2.75, 3.05) is 11.9 Å². The van der Waals surface area contributed by atoms with E-state index in [1.807, 2.05) is 0 Å². The smallest absolute Gasteiger partial charge is 0.462 e. The molecule has 0 aliphatic rings. The number of carbonyl (C=O) groups excluding carboxylic acids is 2. The number of rotatable bonds is 6. The summed E-state index contributed by atoms with van der Waals surface area (Å²) < 4.78 is 44.9. The quantitative estimate of drug-likeness (QED) is 0.449. The monoisotopic (exact) mass is 398 g/mol. The molecule has 1 N–H and O–H groups in total. The van der Waals surface area contributed by atoms with Crippen molar-refractivity contribution in [3.8, 4) is 5.75 Å². The first kappa shape index (κ1) is 20.7. The van der Waals surface area contributed by atoms with Gasteiger partial charge in [0, 0.05) is 23.4 Å². The largest absolute Gasteiger partial charge is 0.573 e. The molecule has 0 bridgehead atoms. The summed E-state index contributed by atoms with van der Waals surface area (Å²) in [4.78, 5) is 34.4. The number of carbonyl (C=O) groups is 2. The lowest BCUT2D eigenvalue weighted by molar-refractivity contribution is -0.384. The summed E-state index contributed by atoms with van der Waals surface area (Å²) in [5.41, 5.74) is -0.767. The van der Waals surface area contributed by atoms with E-state index < -0.39 is 34.6 Å². The van der Waals surface area contributed by atoms with Gasteiger partial charge < -0.3 is 14.8 Å². The summed E-state index contributed by atoms with van der Waals surface area (Å²) >= 11 is 0. The van der Waals surface area contributed by atoms with Crippen LogP contribution < -0.4 is 10.1 Å². The highest BCUT2D eigenvalue weighted by atomic mass is 19.4. The van der Waals surface area contributed by atoms with Crippen LogP contribution in [0.4, 0.5) is 24.5 Å². The number of amides is 1. The normalized spacial score (nSPS) is 10.9. The Bertz CT molecular complexity index is 897. The van der Waals surface area contributed by atoms with E-state index in [0.29, 0.717) is 0 Å². The van der Waals surface area contributed by atoms with Crippen molar-refractivity contribution >= 4 is 23.3 Å². The van der Waals surface area contributed by atoms with Crippen molar-refractivity contribution in [3.63, 3.8) is 0 Å². The van der Waals surface area contributed by atoms with Gasteiger partial charge in [-0.1, -0.05) is 0 Å². The van der Waals surface area contributed by atoms with Crippen molar-refractivity contribution in [3.05, 3.63) is 63.7 Å². The van der Waals surface area contributed by atoms with Gasteiger partial charge in [0.05, 0.1) is 17.1 Å². The predicted octanol–water partition coefficient (Wildman–Crippen LogP) is 3.92. The number of nitrogens with one attached hydrogen (secondary N) is 1. The molecule has 0 radical (unpaired) electrons. The molecule has 0 aliphatic carbocycles. The first-order chi connectivity index (χ1) is 13.1. The highest BCUT2D eigenvalue weighted by Gasteiger charge is 2.31. The molecule has 0 spiro atoms. The summed E-state index contributed by atoms with van der Waals surface area (Å²) in [5.74, 6) is -2.13. The number of halogens is 3. The van der Waals surface area contributed by atoms with Crippen LogP contribution in [0.25, 0.3) is 0 Å². The van der Waals surface area contributed by atoms with Crippen LogP contribution in [-0.2, 0) is 4.74 Å². The van der Waals surface area contributed by atoms with Gasteiger partial charge in [0.1, 0.15) is 5.75 Å². The average Bonchev–Trinajstić information content (AvgIpc) is 2.62. The summed E-state index contributed by atoms with van der Waals surface area (Å²) in [7, 11) is 0. The molecule has 0 saturated heterocycles. The van der Waals surface area contributed by atoms with Gasteiger partial charge in [-0.15, -0.1) is 13.2 Å². The zero-order valence-corrected chi connectivity index (χ0v) is 14.3. The number of hydrogen-bond acceptors (Lipinski definition) is 6. The predicted molar refractivity (Wildman–Crippen MR) is 90.1 cm³/mol. The molecule has 0 heterocycles. The van der Waals surface area contributed by atoms with Crippen molar-refractivity contribution in [1.29, 1.82) is 0 Å². The Kier molecular flexibility index (Phi) is 6.18. The van der Waals surface area contributed by atoms with Crippen LogP contribution in [0.15, 0.2) is 42.5 Å². The number of hydrogen-bond donors (Lipinski definition) is 1. The Balaban J connectivity index is 2.23. The van der Waals surface area contributed by atoms with E-state index >= 15 is 0 Å². The Morgan fingerprint density at radius 2 is 1.71 bits per heavy atom. The maximum atomic E-state index is 12.3. The number of alkyl halides is 3. The third kappa shape index (κ3) is 5.69. The van der Waals surface area contributed by atoms with Crippen molar-refractivity contribution < 1.29 is 37.2 Å². The van der Waals surface area contributed by atoms with Gasteiger partial charge in [-0.05, 0) is 37.3 Å². The van der Waals surface area contributed by atoms with Gasteiger partial charge >= 0.3 is 12.3 Å². The van der Waals surface area contributed by atoms with Crippen LogP contribution in [0, 0.1) is 10.1 Å². The standard InChI is InChI=1S/C17H13F3N2O6/c1-2-27-16(24)11-7-10(8-13(9-11)22(25)26)15(23)21-12-3-5-14(6-4-12)28-17(18,19)20/h3-9H,2H2,1H3,(H,21,23). The number of anilines is 1. The van der Waals surface area contributed by atoms with Crippen LogP contribution in [0.3, 0.4) is 0 Å². The summed E-state index contributed by atoms with van der Waals surface area (Å²) in [5, 5.41) is 13.4. The number of benzene rings is 2. The highest BCUT2D eigenvalue weighted by Crippen LogP contribution is 2.24. The molecule has 0 atom stereocenters. The molecule has 28 heavy (non-hydrogen) atoms. The summed E-state index contributed by atoms with van der Waals surface area (Å²) in [6.07, 6.45) is -4.85. The van der Waals surface area contributed by atoms with Crippen LogP contribution >= 0.6 is 0 Å². The second-order valence-electron chi connectivity index (χ2n) is 5.27. The molecular weight excluding hydrogens is 385 g/mol. The third-order valence-electron chi connectivity index (χ3n) is 3.25.